The van der Waals surface area contributed by atoms with E-state index in [4.69, 9.17) is 0 Å². The molecule has 4 aliphatic rings. The number of carbonyl (C=O) groups is 1. The van der Waals surface area contributed by atoms with Crippen LogP contribution in [0.1, 0.15) is 65.2 Å². The molecule has 21 heavy (non-hydrogen) atoms. The van der Waals surface area contributed by atoms with Crippen molar-refractivity contribution < 1.29 is 9.90 Å². The highest BCUT2D eigenvalue weighted by molar-refractivity contribution is 5.87. The Kier molecular flexibility index (Phi) is 2.96. The van der Waals surface area contributed by atoms with Crippen LogP contribution in [-0.4, -0.2) is 17.0 Å². The summed E-state index contributed by atoms with van der Waals surface area (Å²) in [6.45, 7) is 4.62. The maximum Gasteiger partial charge on any atom is 0.139 e. The first-order valence-corrected chi connectivity index (χ1v) is 8.89. The fraction of sp³-hybridized carbons (Fsp3) is 0.842. The maximum absolute atomic E-state index is 12.4. The van der Waals surface area contributed by atoms with Crippen LogP contribution >= 0.6 is 0 Å². The summed E-state index contributed by atoms with van der Waals surface area (Å²) in [5.41, 5.74) is 1.68. The van der Waals surface area contributed by atoms with Gasteiger partial charge in [-0.15, -0.1) is 0 Å². The van der Waals surface area contributed by atoms with E-state index in [0.29, 0.717) is 29.0 Å². The number of hydrogen-bond donors (Lipinski definition) is 1. The molecule has 0 aromatic heterocycles. The zero-order valence-electron chi connectivity index (χ0n) is 13.4. The molecule has 4 rings (SSSR count). The summed E-state index contributed by atoms with van der Waals surface area (Å²) < 4.78 is 0. The lowest BCUT2D eigenvalue weighted by atomic mass is 9.47. The van der Waals surface area contributed by atoms with Gasteiger partial charge in [0.25, 0.3) is 0 Å². The Morgan fingerprint density at radius 1 is 1.05 bits per heavy atom. The number of hydrogen-bond acceptors (Lipinski definition) is 2. The first kappa shape index (κ1) is 14.0. The fourth-order valence-electron chi connectivity index (χ4n) is 6.46. The van der Waals surface area contributed by atoms with E-state index in [1.807, 2.05) is 0 Å². The Hall–Kier alpha value is -0.630. The van der Waals surface area contributed by atoms with E-state index in [-0.39, 0.29) is 11.5 Å². The predicted octanol–water partition coefficient (Wildman–Crippen LogP) is 3.88. The average molecular weight is 288 g/mol. The number of ketones is 1. The van der Waals surface area contributed by atoms with Crippen LogP contribution in [-0.2, 0) is 4.79 Å². The van der Waals surface area contributed by atoms with Gasteiger partial charge in [0.1, 0.15) is 5.78 Å². The second kappa shape index (κ2) is 4.44. The minimum Gasteiger partial charge on any atom is -0.389 e. The number of aliphatic hydroxyl groups is 1. The minimum atomic E-state index is -0.313. The fourth-order valence-corrected chi connectivity index (χ4v) is 6.46. The molecule has 0 heterocycles. The molecule has 2 heteroatoms. The maximum atomic E-state index is 12.4. The van der Waals surface area contributed by atoms with Gasteiger partial charge in [0, 0.05) is 11.8 Å². The lowest BCUT2D eigenvalue weighted by Gasteiger charge is -2.57. The van der Waals surface area contributed by atoms with Gasteiger partial charge in [-0.05, 0) is 61.7 Å². The van der Waals surface area contributed by atoms with E-state index in [1.54, 1.807) is 0 Å². The molecule has 0 aromatic carbocycles. The summed E-state index contributed by atoms with van der Waals surface area (Å²) >= 11 is 0. The molecular weight excluding hydrogens is 260 g/mol. The lowest BCUT2D eigenvalue weighted by molar-refractivity contribution is -0.135. The van der Waals surface area contributed by atoms with Crippen LogP contribution in [0.25, 0.3) is 0 Å². The zero-order chi connectivity index (χ0) is 14.8. The quantitative estimate of drug-likeness (QED) is 0.687. The summed E-state index contributed by atoms with van der Waals surface area (Å²) in [4.78, 5) is 12.4. The van der Waals surface area contributed by atoms with Crippen molar-refractivity contribution in [2.45, 2.75) is 71.3 Å². The van der Waals surface area contributed by atoms with Crippen molar-refractivity contribution in [3.63, 3.8) is 0 Å². The summed E-state index contributed by atoms with van der Waals surface area (Å²) in [6.07, 6.45) is 10.9. The Balaban J connectivity index is 1.76. The number of rotatable bonds is 0. The number of allylic oxidation sites excluding steroid dienone is 1. The molecule has 3 fully saturated rings. The number of carbonyl (C=O) groups excluding carboxylic acids is 1. The molecule has 0 aromatic rings. The number of fused-ring (bicyclic) bond motifs is 5. The van der Waals surface area contributed by atoms with Crippen molar-refractivity contribution in [3.05, 3.63) is 11.6 Å². The van der Waals surface area contributed by atoms with Crippen molar-refractivity contribution in [3.8, 4) is 0 Å². The normalized spacial score (nSPS) is 52.7. The van der Waals surface area contributed by atoms with E-state index in [9.17, 15) is 9.90 Å². The molecule has 0 spiro atoms. The third-order valence-electron chi connectivity index (χ3n) is 7.75. The highest BCUT2D eigenvalue weighted by atomic mass is 16.3. The SMILES string of the molecule is CC12CCC3C(C1CCC2=O)[C@H](O)C=C1CCCCC13C. The summed E-state index contributed by atoms with van der Waals surface area (Å²) in [6, 6.07) is 0. The molecule has 0 aliphatic heterocycles. The van der Waals surface area contributed by atoms with Gasteiger partial charge in [-0.3, -0.25) is 4.79 Å². The van der Waals surface area contributed by atoms with Crippen molar-refractivity contribution in [2.24, 2.45) is 28.6 Å². The monoisotopic (exact) mass is 288 g/mol. The largest absolute Gasteiger partial charge is 0.389 e. The van der Waals surface area contributed by atoms with Crippen molar-refractivity contribution >= 4 is 5.78 Å². The highest BCUT2D eigenvalue weighted by Crippen LogP contribution is 2.63. The van der Waals surface area contributed by atoms with Crippen LogP contribution in [0.2, 0.25) is 0 Å². The van der Waals surface area contributed by atoms with Crippen molar-refractivity contribution in [1.82, 2.24) is 0 Å². The Morgan fingerprint density at radius 3 is 2.62 bits per heavy atom. The van der Waals surface area contributed by atoms with Gasteiger partial charge in [-0.2, -0.15) is 0 Å². The summed E-state index contributed by atoms with van der Waals surface area (Å²) in [7, 11) is 0. The van der Waals surface area contributed by atoms with Gasteiger partial charge >= 0.3 is 0 Å². The van der Waals surface area contributed by atoms with Gasteiger partial charge in [-0.25, -0.2) is 0 Å². The summed E-state index contributed by atoms with van der Waals surface area (Å²) in [5.74, 6) is 1.79. The van der Waals surface area contributed by atoms with Gasteiger partial charge < -0.3 is 5.11 Å². The molecule has 0 amide bonds. The second-order valence-electron chi connectivity index (χ2n) is 8.52. The Morgan fingerprint density at radius 2 is 1.81 bits per heavy atom. The second-order valence-corrected chi connectivity index (χ2v) is 8.52. The highest BCUT2D eigenvalue weighted by Gasteiger charge is 2.60. The predicted molar refractivity (Wildman–Crippen MR) is 82.7 cm³/mol. The van der Waals surface area contributed by atoms with E-state index >= 15 is 0 Å². The number of aliphatic hydroxyl groups excluding tert-OH is 1. The lowest BCUT2D eigenvalue weighted by Crippen LogP contribution is -2.54. The smallest absolute Gasteiger partial charge is 0.139 e. The standard InChI is InChI=1S/C19H28O2/c1-18-9-4-3-5-12(18)11-15(20)17-13-6-7-16(21)19(13,2)10-8-14(17)18/h11,13-15,17,20H,3-10H2,1-2H3/t13?,14?,15-,17?,18?,19?/m1/s1. The third-order valence-corrected chi connectivity index (χ3v) is 7.75. The molecule has 3 saturated carbocycles. The molecule has 0 bridgehead atoms. The first-order chi connectivity index (χ1) is 9.97. The molecule has 0 radical (unpaired) electrons. The van der Waals surface area contributed by atoms with Crippen LogP contribution < -0.4 is 0 Å². The van der Waals surface area contributed by atoms with Crippen molar-refractivity contribution in [2.75, 3.05) is 0 Å². The van der Waals surface area contributed by atoms with Gasteiger partial charge in [0.05, 0.1) is 6.10 Å². The Bertz CT molecular complexity index is 508. The average Bonchev–Trinajstić information content (AvgIpc) is 2.76. The molecule has 4 aliphatic carbocycles. The molecule has 5 unspecified atom stereocenters. The molecule has 0 saturated heterocycles. The van der Waals surface area contributed by atoms with Crippen LogP contribution in [0, 0.1) is 28.6 Å². The van der Waals surface area contributed by atoms with Crippen LogP contribution in [0.3, 0.4) is 0 Å². The molecule has 6 atom stereocenters. The zero-order valence-corrected chi connectivity index (χ0v) is 13.4. The van der Waals surface area contributed by atoms with E-state index in [0.717, 1.165) is 25.7 Å². The summed E-state index contributed by atoms with van der Waals surface area (Å²) in [5, 5.41) is 10.8. The van der Waals surface area contributed by atoms with E-state index in [2.05, 4.69) is 19.9 Å². The van der Waals surface area contributed by atoms with Crippen LogP contribution in [0.5, 0.6) is 0 Å². The van der Waals surface area contributed by atoms with Gasteiger partial charge in [0.2, 0.25) is 0 Å². The van der Waals surface area contributed by atoms with Crippen molar-refractivity contribution in [1.29, 1.82) is 0 Å². The molecule has 2 nitrogen and oxygen atoms in total. The Labute approximate surface area is 128 Å². The third kappa shape index (κ3) is 1.72. The van der Waals surface area contributed by atoms with Gasteiger partial charge in [0.15, 0.2) is 0 Å². The van der Waals surface area contributed by atoms with Crippen LogP contribution in [0.15, 0.2) is 11.6 Å². The topological polar surface area (TPSA) is 37.3 Å². The van der Waals surface area contributed by atoms with Crippen LogP contribution in [0.4, 0.5) is 0 Å². The molecule has 1 N–H and O–H groups in total. The molecule has 116 valence electrons. The minimum absolute atomic E-state index is 0.140. The van der Waals surface area contributed by atoms with E-state index in [1.165, 1.54) is 31.3 Å². The first-order valence-electron chi connectivity index (χ1n) is 8.89. The van der Waals surface area contributed by atoms with E-state index < -0.39 is 0 Å². The number of Topliss-reactive ketones (excluding diaryl/α,β-unsaturated/α-hetero) is 1. The van der Waals surface area contributed by atoms with Gasteiger partial charge in [-0.1, -0.05) is 31.9 Å². The molecular formula is C19H28O2.